The van der Waals surface area contributed by atoms with Crippen molar-refractivity contribution in [2.75, 3.05) is 0 Å². The summed E-state index contributed by atoms with van der Waals surface area (Å²) in [6.45, 7) is 0.591. The van der Waals surface area contributed by atoms with Gasteiger partial charge >= 0.3 is 0 Å². The third-order valence-electron chi connectivity index (χ3n) is 4.82. The van der Waals surface area contributed by atoms with Crippen molar-refractivity contribution in [3.63, 3.8) is 0 Å². The van der Waals surface area contributed by atoms with Crippen LogP contribution in [-0.2, 0) is 11.3 Å². The Balaban J connectivity index is 1.79. The fraction of sp³-hybridized carbons (Fsp3) is 0.238. The van der Waals surface area contributed by atoms with Crippen LogP contribution in [0.3, 0.4) is 0 Å². The fourth-order valence-electron chi connectivity index (χ4n) is 3.66. The van der Waals surface area contributed by atoms with Crippen LogP contribution in [0, 0.1) is 0 Å². The molecule has 1 unspecified atom stereocenters. The lowest BCUT2D eigenvalue weighted by atomic mass is 9.97. The van der Waals surface area contributed by atoms with Gasteiger partial charge in [-0.2, -0.15) is 0 Å². The van der Waals surface area contributed by atoms with E-state index < -0.39 is 0 Å². The number of carbonyl (C=O) groups excluding carboxylic acids is 1. The average Bonchev–Trinajstić information content (AvgIpc) is 3.21. The van der Waals surface area contributed by atoms with E-state index in [0.717, 1.165) is 35.4 Å². The standard InChI is InChI=1S/C21H20N2O2/c24-17-9-4-6-15(12-17)13-23-14-22-20(16-7-2-1-3-8-16)21(23)18-10-5-11-19(18)25/h1-4,6-9,12,14,18,24H,5,10-11,13H2. The van der Waals surface area contributed by atoms with Gasteiger partial charge in [-0.3, -0.25) is 4.79 Å². The molecule has 0 aliphatic heterocycles. The monoisotopic (exact) mass is 332 g/mol. The van der Waals surface area contributed by atoms with E-state index in [4.69, 9.17) is 0 Å². The summed E-state index contributed by atoms with van der Waals surface area (Å²) in [6.07, 6.45) is 4.28. The van der Waals surface area contributed by atoms with E-state index in [9.17, 15) is 9.90 Å². The summed E-state index contributed by atoms with van der Waals surface area (Å²) in [5.74, 6) is 0.462. The van der Waals surface area contributed by atoms with Crippen LogP contribution in [0.5, 0.6) is 5.75 Å². The van der Waals surface area contributed by atoms with Crippen LogP contribution in [0.1, 0.15) is 36.4 Å². The molecule has 1 N–H and O–H groups in total. The molecule has 2 aromatic carbocycles. The Kier molecular flexibility index (Phi) is 4.10. The molecule has 0 bridgehead atoms. The molecule has 1 aliphatic carbocycles. The normalized spacial score (nSPS) is 17.1. The van der Waals surface area contributed by atoms with Gasteiger partial charge in [0.05, 0.1) is 23.6 Å². The maximum atomic E-state index is 12.4. The maximum absolute atomic E-state index is 12.4. The highest BCUT2D eigenvalue weighted by Gasteiger charge is 2.31. The predicted molar refractivity (Wildman–Crippen MR) is 96.5 cm³/mol. The van der Waals surface area contributed by atoms with Gasteiger partial charge in [-0.05, 0) is 30.5 Å². The zero-order valence-corrected chi connectivity index (χ0v) is 13.9. The summed E-state index contributed by atoms with van der Waals surface area (Å²) in [4.78, 5) is 17.1. The van der Waals surface area contributed by atoms with Crippen molar-refractivity contribution in [2.45, 2.75) is 31.7 Å². The summed E-state index contributed by atoms with van der Waals surface area (Å²) in [7, 11) is 0. The van der Waals surface area contributed by atoms with Crippen molar-refractivity contribution in [3.05, 3.63) is 72.2 Å². The van der Waals surface area contributed by atoms with E-state index in [2.05, 4.69) is 9.55 Å². The third kappa shape index (κ3) is 3.07. The van der Waals surface area contributed by atoms with Gasteiger partial charge < -0.3 is 9.67 Å². The Labute approximate surface area is 146 Å². The molecule has 4 rings (SSSR count). The molecule has 0 saturated heterocycles. The Morgan fingerprint density at radius 2 is 1.96 bits per heavy atom. The minimum atomic E-state index is -0.0879. The molecule has 3 aromatic rings. The first-order chi connectivity index (χ1) is 12.2. The Morgan fingerprint density at radius 1 is 1.12 bits per heavy atom. The number of ketones is 1. The second-order valence-corrected chi connectivity index (χ2v) is 6.55. The summed E-state index contributed by atoms with van der Waals surface area (Å²) >= 11 is 0. The van der Waals surface area contributed by atoms with Gasteiger partial charge in [0.1, 0.15) is 11.5 Å². The minimum Gasteiger partial charge on any atom is -0.508 e. The molecule has 0 spiro atoms. The summed E-state index contributed by atoms with van der Waals surface area (Å²) < 4.78 is 2.06. The van der Waals surface area contributed by atoms with Crippen LogP contribution < -0.4 is 0 Å². The van der Waals surface area contributed by atoms with E-state index >= 15 is 0 Å². The second-order valence-electron chi connectivity index (χ2n) is 6.55. The van der Waals surface area contributed by atoms with Crippen LogP contribution in [0.15, 0.2) is 60.9 Å². The number of carbonyl (C=O) groups is 1. The predicted octanol–water partition coefficient (Wildman–Crippen LogP) is 4.14. The number of phenols is 1. The van der Waals surface area contributed by atoms with Gasteiger partial charge in [0.2, 0.25) is 0 Å². The van der Waals surface area contributed by atoms with Crippen molar-refractivity contribution in [1.29, 1.82) is 0 Å². The highest BCUT2D eigenvalue weighted by Crippen LogP contribution is 2.37. The first-order valence-corrected chi connectivity index (χ1v) is 8.63. The minimum absolute atomic E-state index is 0.0879. The van der Waals surface area contributed by atoms with Crippen molar-refractivity contribution >= 4 is 5.78 Å². The number of hydrogen-bond acceptors (Lipinski definition) is 3. The lowest BCUT2D eigenvalue weighted by Gasteiger charge is -2.15. The number of rotatable bonds is 4. The smallest absolute Gasteiger partial charge is 0.141 e. The second kappa shape index (κ2) is 6.55. The molecule has 1 atom stereocenters. The van der Waals surface area contributed by atoms with Crippen LogP contribution in [-0.4, -0.2) is 20.4 Å². The first-order valence-electron chi connectivity index (χ1n) is 8.63. The molecule has 0 amide bonds. The third-order valence-corrected chi connectivity index (χ3v) is 4.82. The quantitative estimate of drug-likeness (QED) is 0.781. The van der Waals surface area contributed by atoms with Gasteiger partial charge in [0.25, 0.3) is 0 Å². The van der Waals surface area contributed by atoms with Crippen LogP contribution in [0.2, 0.25) is 0 Å². The van der Waals surface area contributed by atoms with Gasteiger partial charge in [0.15, 0.2) is 0 Å². The number of nitrogens with zero attached hydrogens (tertiary/aromatic N) is 2. The van der Waals surface area contributed by atoms with Crippen molar-refractivity contribution < 1.29 is 9.90 Å². The summed E-state index contributed by atoms with van der Waals surface area (Å²) in [5, 5.41) is 9.72. The van der Waals surface area contributed by atoms with Crippen molar-refractivity contribution in [1.82, 2.24) is 9.55 Å². The number of hydrogen-bond donors (Lipinski definition) is 1. The van der Waals surface area contributed by atoms with E-state index in [0.29, 0.717) is 18.7 Å². The molecular formula is C21H20N2O2. The fourth-order valence-corrected chi connectivity index (χ4v) is 3.66. The number of benzene rings is 2. The summed E-state index contributed by atoms with van der Waals surface area (Å²) in [5.41, 5.74) is 3.91. The Hall–Kier alpha value is -2.88. The van der Waals surface area contributed by atoms with E-state index in [1.165, 1.54) is 0 Å². The van der Waals surface area contributed by atoms with Crippen molar-refractivity contribution in [2.24, 2.45) is 0 Å². The number of imidazole rings is 1. The topological polar surface area (TPSA) is 55.1 Å². The number of Topliss-reactive ketones (excluding diaryl/α,β-unsaturated/α-hetero) is 1. The summed E-state index contributed by atoms with van der Waals surface area (Å²) in [6, 6.07) is 17.2. The number of aromatic hydroxyl groups is 1. The molecule has 1 aromatic heterocycles. The highest BCUT2D eigenvalue weighted by molar-refractivity contribution is 5.89. The van der Waals surface area contributed by atoms with E-state index in [1.807, 2.05) is 48.8 Å². The van der Waals surface area contributed by atoms with E-state index in [1.54, 1.807) is 12.1 Å². The van der Waals surface area contributed by atoms with Crippen LogP contribution >= 0.6 is 0 Å². The largest absolute Gasteiger partial charge is 0.508 e. The average molecular weight is 332 g/mol. The Morgan fingerprint density at radius 3 is 2.68 bits per heavy atom. The molecule has 1 saturated carbocycles. The lowest BCUT2D eigenvalue weighted by molar-refractivity contribution is -0.118. The molecule has 126 valence electrons. The van der Waals surface area contributed by atoms with Gasteiger partial charge in [-0.1, -0.05) is 42.5 Å². The van der Waals surface area contributed by atoms with Gasteiger partial charge in [-0.15, -0.1) is 0 Å². The zero-order chi connectivity index (χ0) is 17.2. The molecule has 0 radical (unpaired) electrons. The van der Waals surface area contributed by atoms with Gasteiger partial charge in [-0.25, -0.2) is 4.98 Å². The molecule has 1 fully saturated rings. The molecule has 4 nitrogen and oxygen atoms in total. The van der Waals surface area contributed by atoms with Crippen LogP contribution in [0.4, 0.5) is 0 Å². The Bertz CT molecular complexity index is 899. The van der Waals surface area contributed by atoms with Crippen molar-refractivity contribution in [3.8, 4) is 17.0 Å². The number of aromatic nitrogens is 2. The lowest BCUT2D eigenvalue weighted by Crippen LogP contribution is -2.13. The van der Waals surface area contributed by atoms with E-state index in [-0.39, 0.29) is 11.7 Å². The highest BCUT2D eigenvalue weighted by atomic mass is 16.3. The molecule has 1 heterocycles. The number of phenolic OH excluding ortho intramolecular Hbond substituents is 1. The van der Waals surface area contributed by atoms with Crippen LogP contribution in [0.25, 0.3) is 11.3 Å². The van der Waals surface area contributed by atoms with Gasteiger partial charge in [0, 0.05) is 18.5 Å². The first kappa shape index (κ1) is 15.6. The zero-order valence-electron chi connectivity index (χ0n) is 13.9. The SMILES string of the molecule is O=C1CCCC1c1c(-c2ccccc2)ncn1Cc1cccc(O)c1. The maximum Gasteiger partial charge on any atom is 0.141 e. The molecule has 25 heavy (non-hydrogen) atoms. The molecule has 4 heteroatoms. The molecule has 1 aliphatic rings. The molecular weight excluding hydrogens is 312 g/mol.